The molecule has 0 spiro atoms. The van der Waals surface area contributed by atoms with Gasteiger partial charge in [0.1, 0.15) is 10.7 Å². The number of nitrogens with one attached hydrogen (secondary N) is 2. The van der Waals surface area contributed by atoms with Gasteiger partial charge in [0.15, 0.2) is 5.13 Å². The predicted octanol–water partition coefficient (Wildman–Crippen LogP) is -0.363. The molecule has 21 heavy (non-hydrogen) atoms. The summed E-state index contributed by atoms with van der Waals surface area (Å²) in [5.74, 6) is 0.103. The van der Waals surface area contributed by atoms with Crippen molar-refractivity contribution in [2.75, 3.05) is 50.0 Å². The van der Waals surface area contributed by atoms with Crippen LogP contribution in [0.1, 0.15) is 22.5 Å². The normalized spacial score (nSPS) is 20.3. The summed E-state index contributed by atoms with van der Waals surface area (Å²) in [6, 6.07) is 0. The molecule has 1 aliphatic carbocycles. The zero-order chi connectivity index (χ0) is 14.9. The number of nitrogens with two attached hydrogens (primary N) is 1. The fraction of sp³-hybridized carbons (Fsp3) is 0.692. The van der Waals surface area contributed by atoms with Gasteiger partial charge in [0, 0.05) is 38.1 Å². The highest BCUT2D eigenvalue weighted by molar-refractivity contribution is 7.18. The van der Waals surface area contributed by atoms with E-state index in [2.05, 4.69) is 20.5 Å². The smallest absolute Gasteiger partial charge is 0.265 e. The highest BCUT2D eigenvalue weighted by Crippen LogP contribution is 2.44. The monoisotopic (exact) mass is 311 g/mol. The van der Waals surface area contributed by atoms with E-state index in [1.54, 1.807) is 0 Å². The Hall–Kier alpha value is -1.38. The molecule has 0 unspecified atom stereocenters. The zero-order valence-electron chi connectivity index (χ0n) is 11.9. The molecule has 2 fully saturated rings. The van der Waals surface area contributed by atoms with E-state index in [4.69, 9.17) is 5.73 Å². The maximum absolute atomic E-state index is 12.2. The Morgan fingerprint density at radius 1 is 1.48 bits per heavy atom. The van der Waals surface area contributed by atoms with Crippen molar-refractivity contribution >= 4 is 28.2 Å². The lowest BCUT2D eigenvalue weighted by Gasteiger charge is -2.26. The number of carbonyl (C=O) groups is 1. The molecular formula is C13H21N5O2S. The summed E-state index contributed by atoms with van der Waals surface area (Å²) in [5, 5.41) is 16.2. The molecule has 1 saturated carbocycles. The number of piperazine rings is 1. The van der Waals surface area contributed by atoms with Crippen molar-refractivity contribution in [3.63, 3.8) is 0 Å². The number of thiazole rings is 1. The fourth-order valence-electron chi connectivity index (χ4n) is 2.39. The van der Waals surface area contributed by atoms with Crippen molar-refractivity contribution in [3.05, 3.63) is 4.88 Å². The summed E-state index contributed by atoms with van der Waals surface area (Å²) in [5.41, 5.74) is 5.78. The Morgan fingerprint density at radius 2 is 2.19 bits per heavy atom. The molecule has 0 aromatic carbocycles. The van der Waals surface area contributed by atoms with Crippen molar-refractivity contribution < 1.29 is 9.90 Å². The van der Waals surface area contributed by atoms with Crippen molar-refractivity contribution in [1.29, 1.82) is 0 Å². The molecule has 3 rings (SSSR count). The number of aliphatic hydroxyl groups excluding tert-OH is 1. The van der Waals surface area contributed by atoms with Crippen LogP contribution in [-0.4, -0.2) is 55.3 Å². The molecule has 0 radical (unpaired) electrons. The zero-order valence-corrected chi connectivity index (χ0v) is 12.7. The Morgan fingerprint density at radius 3 is 2.81 bits per heavy atom. The minimum atomic E-state index is -0.189. The summed E-state index contributed by atoms with van der Waals surface area (Å²) in [6.45, 7) is 4.21. The highest BCUT2D eigenvalue weighted by atomic mass is 32.1. The predicted molar refractivity (Wildman–Crippen MR) is 82.7 cm³/mol. The SMILES string of the molecule is Nc1nc(N2CCNCC2)sc1C(=O)NCC1(CO)CC1. The molecule has 1 aliphatic heterocycles. The van der Waals surface area contributed by atoms with E-state index in [-0.39, 0.29) is 17.9 Å². The quantitative estimate of drug-likeness (QED) is 0.592. The third-order valence-corrected chi connectivity index (χ3v) is 5.28. The average Bonchev–Trinajstić information content (AvgIpc) is 3.20. The van der Waals surface area contributed by atoms with Crippen LogP contribution in [0.5, 0.6) is 0 Å². The van der Waals surface area contributed by atoms with E-state index in [0.29, 0.717) is 17.2 Å². The van der Waals surface area contributed by atoms with E-state index < -0.39 is 0 Å². The lowest BCUT2D eigenvalue weighted by Crippen LogP contribution is -2.43. The van der Waals surface area contributed by atoms with Gasteiger partial charge in [-0.25, -0.2) is 4.98 Å². The Balaban J connectivity index is 1.64. The van der Waals surface area contributed by atoms with Gasteiger partial charge >= 0.3 is 0 Å². The van der Waals surface area contributed by atoms with Crippen LogP contribution in [0.4, 0.5) is 10.9 Å². The minimum absolute atomic E-state index is 0.101. The van der Waals surface area contributed by atoms with E-state index in [1.807, 2.05) is 0 Å². The number of rotatable bonds is 5. The fourth-order valence-corrected chi connectivity index (χ4v) is 3.34. The van der Waals surface area contributed by atoms with E-state index in [1.165, 1.54) is 11.3 Å². The molecule has 8 heteroatoms. The summed E-state index contributed by atoms with van der Waals surface area (Å²) in [7, 11) is 0. The van der Waals surface area contributed by atoms with Gasteiger partial charge in [0.05, 0.1) is 6.61 Å². The lowest BCUT2D eigenvalue weighted by molar-refractivity contribution is 0.0940. The van der Waals surface area contributed by atoms with Gasteiger partial charge in [-0.2, -0.15) is 0 Å². The number of anilines is 2. The molecular weight excluding hydrogens is 290 g/mol. The van der Waals surface area contributed by atoms with Crippen molar-refractivity contribution in [2.45, 2.75) is 12.8 Å². The van der Waals surface area contributed by atoms with E-state index in [0.717, 1.165) is 44.2 Å². The maximum atomic E-state index is 12.2. The Kier molecular flexibility index (Phi) is 4.01. The number of hydrogen-bond acceptors (Lipinski definition) is 7. The second-order valence-electron chi connectivity index (χ2n) is 5.79. The third kappa shape index (κ3) is 3.12. The average molecular weight is 311 g/mol. The number of nitrogens with zero attached hydrogens (tertiary/aromatic N) is 2. The van der Waals surface area contributed by atoms with Crippen molar-refractivity contribution in [1.82, 2.24) is 15.6 Å². The molecule has 1 amide bonds. The number of amides is 1. The van der Waals surface area contributed by atoms with Crippen LogP contribution in [0.2, 0.25) is 0 Å². The summed E-state index contributed by atoms with van der Waals surface area (Å²) < 4.78 is 0. The highest BCUT2D eigenvalue weighted by Gasteiger charge is 2.42. The third-order valence-electron chi connectivity index (χ3n) is 4.15. The van der Waals surface area contributed by atoms with Gasteiger partial charge in [-0.15, -0.1) is 0 Å². The van der Waals surface area contributed by atoms with Crippen LogP contribution < -0.4 is 21.3 Å². The molecule has 7 nitrogen and oxygen atoms in total. The molecule has 0 atom stereocenters. The van der Waals surface area contributed by atoms with Crippen molar-refractivity contribution in [2.24, 2.45) is 5.41 Å². The Bertz CT molecular complexity index is 523. The van der Waals surface area contributed by atoms with E-state index in [9.17, 15) is 9.90 Å². The molecule has 1 saturated heterocycles. The number of nitrogen functional groups attached to an aromatic ring is 1. The number of hydrogen-bond donors (Lipinski definition) is 4. The summed E-state index contributed by atoms with van der Waals surface area (Å²) in [4.78, 5) is 19.2. The van der Waals surface area contributed by atoms with Gasteiger partial charge < -0.3 is 26.4 Å². The van der Waals surface area contributed by atoms with Crippen LogP contribution in [-0.2, 0) is 0 Å². The molecule has 2 heterocycles. The first kappa shape index (κ1) is 14.6. The van der Waals surface area contributed by atoms with Gasteiger partial charge in [-0.05, 0) is 12.8 Å². The molecule has 1 aromatic heterocycles. The van der Waals surface area contributed by atoms with E-state index >= 15 is 0 Å². The standard InChI is InChI=1S/C13H21N5O2S/c14-10-9(11(20)16-7-13(8-19)1-2-13)21-12(17-10)18-5-3-15-4-6-18/h15,19H,1-8,14H2,(H,16,20). The van der Waals surface area contributed by atoms with Crippen LogP contribution >= 0.6 is 11.3 Å². The number of carbonyl (C=O) groups excluding carboxylic acids is 1. The molecule has 2 aliphatic rings. The summed E-state index contributed by atoms with van der Waals surface area (Å²) in [6.07, 6.45) is 1.93. The van der Waals surface area contributed by atoms with Gasteiger partial charge in [0.25, 0.3) is 5.91 Å². The first-order valence-electron chi connectivity index (χ1n) is 7.25. The van der Waals surface area contributed by atoms with Crippen LogP contribution in [0.3, 0.4) is 0 Å². The van der Waals surface area contributed by atoms with Gasteiger partial charge in [-0.1, -0.05) is 11.3 Å². The second kappa shape index (κ2) is 5.78. The second-order valence-corrected chi connectivity index (χ2v) is 6.77. The largest absolute Gasteiger partial charge is 0.396 e. The maximum Gasteiger partial charge on any atom is 0.265 e. The minimum Gasteiger partial charge on any atom is -0.396 e. The van der Waals surface area contributed by atoms with Crippen LogP contribution in [0.25, 0.3) is 0 Å². The first-order valence-corrected chi connectivity index (χ1v) is 8.06. The van der Waals surface area contributed by atoms with Crippen molar-refractivity contribution in [3.8, 4) is 0 Å². The van der Waals surface area contributed by atoms with Crippen LogP contribution in [0, 0.1) is 5.41 Å². The topological polar surface area (TPSA) is 104 Å². The van der Waals surface area contributed by atoms with Crippen LogP contribution in [0.15, 0.2) is 0 Å². The molecule has 0 bridgehead atoms. The molecule has 116 valence electrons. The van der Waals surface area contributed by atoms with Gasteiger partial charge in [-0.3, -0.25) is 4.79 Å². The summed E-state index contributed by atoms with van der Waals surface area (Å²) >= 11 is 1.34. The first-order chi connectivity index (χ1) is 10.1. The molecule has 1 aromatic rings. The number of aromatic nitrogens is 1. The number of aliphatic hydroxyl groups is 1. The molecule has 5 N–H and O–H groups in total. The lowest BCUT2D eigenvalue weighted by atomic mass is 10.1. The Labute approximate surface area is 127 Å². The van der Waals surface area contributed by atoms with Gasteiger partial charge in [0.2, 0.25) is 0 Å².